The van der Waals surface area contributed by atoms with Crippen LogP contribution in [0.2, 0.25) is 0 Å². The molecule has 33 heavy (non-hydrogen) atoms. The Morgan fingerprint density at radius 3 is 2.76 bits per heavy atom. The number of furan rings is 1. The highest BCUT2D eigenvalue weighted by Crippen LogP contribution is 2.34. The van der Waals surface area contributed by atoms with E-state index in [-0.39, 0.29) is 48.6 Å². The van der Waals surface area contributed by atoms with Crippen LogP contribution >= 0.6 is 11.3 Å². The normalized spacial score (nSPS) is 16.2. The second kappa shape index (κ2) is 10.2. The lowest BCUT2D eigenvalue weighted by Gasteiger charge is -2.38. The summed E-state index contributed by atoms with van der Waals surface area (Å²) in [6.07, 6.45) is 2.93. The van der Waals surface area contributed by atoms with E-state index < -0.39 is 0 Å². The standard InChI is InChI=1S/C25H27FN2O4S/c1-3-17(2)28(25(30)22-5-4-13-31-22)15-24(29)27-12-10-23-20(11-14-33-23)21(27)16-32-19-8-6-18(26)7-9-19/h4-9,11,13-14,17,21H,3,10,12,15-16H2,1-2H3. The van der Waals surface area contributed by atoms with Crippen LogP contribution in [0.15, 0.2) is 58.5 Å². The Kier molecular flexibility index (Phi) is 7.13. The van der Waals surface area contributed by atoms with Crippen LogP contribution < -0.4 is 4.74 Å². The Labute approximate surface area is 196 Å². The molecule has 2 amide bonds. The number of carbonyl (C=O) groups is 2. The predicted octanol–water partition coefficient (Wildman–Crippen LogP) is 4.93. The molecule has 1 aromatic carbocycles. The number of nitrogens with zero attached hydrogens (tertiary/aromatic N) is 2. The van der Waals surface area contributed by atoms with Gasteiger partial charge >= 0.3 is 0 Å². The molecule has 3 aromatic rings. The summed E-state index contributed by atoms with van der Waals surface area (Å²) >= 11 is 1.67. The molecule has 0 bridgehead atoms. The summed E-state index contributed by atoms with van der Waals surface area (Å²) in [6.45, 7) is 4.66. The summed E-state index contributed by atoms with van der Waals surface area (Å²) in [4.78, 5) is 31.1. The summed E-state index contributed by atoms with van der Waals surface area (Å²) in [5.74, 6) is -0.00320. The molecular weight excluding hydrogens is 443 g/mol. The van der Waals surface area contributed by atoms with Crippen molar-refractivity contribution in [3.8, 4) is 5.75 Å². The van der Waals surface area contributed by atoms with Gasteiger partial charge in [-0.15, -0.1) is 11.3 Å². The number of amides is 2. The highest BCUT2D eigenvalue weighted by molar-refractivity contribution is 7.10. The lowest BCUT2D eigenvalue weighted by molar-refractivity contribution is -0.136. The molecule has 174 valence electrons. The summed E-state index contributed by atoms with van der Waals surface area (Å²) in [6, 6.07) is 10.7. The highest BCUT2D eigenvalue weighted by atomic mass is 32.1. The lowest BCUT2D eigenvalue weighted by Crippen LogP contribution is -2.49. The minimum absolute atomic E-state index is 0.0406. The van der Waals surface area contributed by atoms with Crippen LogP contribution in [-0.2, 0) is 11.2 Å². The number of halogens is 1. The fourth-order valence-electron chi connectivity index (χ4n) is 4.01. The van der Waals surface area contributed by atoms with Crippen molar-refractivity contribution in [1.29, 1.82) is 0 Å². The molecule has 2 unspecified atom stereocenters. The zero-order valence-electron chi connectivity index (χ0n) is 18.7. The van der Waals surface area contributed by atoms with Crippen molar-refractivity contribution in [2.45, 2.75) is 38.8 Å². The zero-order chi connectivity index (χ0) is 23.4. The Hall–Kier alpha value is -3.13. The number of carbonyl (C=O) groups excluding carboxylic acids is 2. The van der Waals surface area contributed by atoms with Gasteiger partial charge in [0.2, 0.25) is 5.91 Å². The van der Waals surface area contributed by atoms with Gasteiger partial charge in [0.15, 0.2) is 5.76 Å². The third-order valence-corrected chi connectivity index (χ3v) is 7.05. The van der Waals surface area contributed by atoms with Crippen molar-refractivity contribution < 1.29 is 23.1 Å². The fourth-order valence-corrected chi connectivity index (χ4v) is 4.94. The monoisotopic (exact) mass is 470 g/mol. The third kappa shape index (κ3) is 5.11. The van der Waals surface area contributed by atoms with Gasteiger partial charge in [0, 0.05) is 17.5 Å². The minimum Gasteiger partial charge on any atom is -0.491 e. The fraction of sp³-hybridized carbons (Fsp3) is 0.360. The van der Waals surface area contributed by atoms with E-state index in [4.69, 9.17) is 9.15 Å². The van der Waals surface area contributed by atoms with Gasteiger partial charge in [0.1, 0.15) is 24.7 Å². The topological polar surface area (TPSA) is 63.0 Å². The van der Waals surface area contributed by atoms with E-state index in [9.17, 15) is 14.0 Å². The van der Waals surface area contributed by atoms with Crippen LogP contribution in [0, 0.1) is 5.82 Å². The maximum absolute atomic E-state index is 13.5. The van der Waals surface area contributed by atoms with Crippen LogP contribution in [0.4, 0.5) is 4.39 Å². The van der Waals surface area contributed by atoms with E-state index in [0.717, 1.165) is 12.0 Å². The molecule has 4 rings (SSSR count). The Bertz CT molecular complexity index is 1080. The van der Waals surface area contributed by atoms with Gasteiger partial charge in [-0.3, -0.25) is 9.59 Å². The van der Waals surface area contributed by atoms with Crippen LogP contribution in [0.1, 0.15) is 47.3 Å². The average molecular weight is 471 g/mol. The summed E-state index contributed by atoms with van der Waals surface area (Å²) in [5, 5.41) is 2.02. The molecule has 1 aliphatic heterocycles. The molecular formula is C25H27FN2O4S. The van der Waals surface area contributed by atoms with Gasteiger partial charge in [-0.1, -0.05) is 6.92 Å². The SMILES string of the molecule is CCC(C)N(CC(=O)N1CCc2sccc2C1COc1ccc(F)cc1)C(=O)c1ccco1. The van der Waals surface area contributed by atoms with E-state index in [2.05, 4.69) is 0 Å². The summed E-state index contributed by atoms with van der Waals surface area (Å²) < 4.78 is 24.5. The first-order chi connectivity index (χ1) is 16.0. The summed E-state index contributed by atoms with van der Waals surface area (Å²) in [7, 11) is 0. The van der Waals surface area contributed by atoms with Gasteiger partial charge in [0.25, 0.3) is 5.91 Å². The first-order valence-corrected chi connectivity index (χ1v) is 11.9. The van der Waals surface area contributed by atoms with E-state index in [1.807, 2.05) is 25.3 Å². The molecule has 8 heteroatoms. The molecule has 0 spiro atoms. The minimum atomic E-state index is -0.330. The number of benzene rings is 1. The van der Waals surface area contributed by atoms with Gasteiger partial charge in [-0.2, -0.15) is 0 Å². The van der Waals surface area contributed by atoms with Gasteiger partial charge in [-0.25, -0.2) is 4.39 Å². The van der Waals surface area contributed by atoms with E-state index in [1.165, 1.54) is 23.3 Å². The van der Waals surface area contributed by atoms with Crippen molar-refractivity contribution in [3.63, 3.8) is 0 Å². The van der Waals surface area contributed by atoms with Crippen molar-refractivity contribution in [3.05, 3.63) is 76.1 Å². The van der Waals surface area contributed by atoms with Gasteiger partial charge in [0.05, 0.1) is 12.3 Å². The molecule has 0 saturated heterocycles. The number of thiophene rings is 1. The number of hydrogen-bond acceptors (Lipinski definition) is 5. The first kappa shape index (κ1) is 23.0. The number of rotatable bonds is 8. The smallest absolute Gasteiger partial charge is 0.290 e. The van der Waals surface area contributed by atoms with Crippen LogP contribution in [0.25, 0.3) is 0 Å². The highest BCUT2D eigenvalue weighted by Gasteiger charge is 2.34. The molecule has 3 heterocycles. The van der Waals surface area contributed by atoms with Crippen molar-refractivity contribution in [2.75, 3.05) is 19.7 Å². The van der Waals surface area contributed by atoms with Gasteiger partial charge in [-0.05, 0) is 73.2 Å². The number of hydrogen-bond donors (Lipinski definition) is 0. The van der Waals surface area contributed by atoms with Crippen molar-refractivity contribution >= 4 is 23.2 Å². The van der Waals surface area contributed by atoms with Crippen LogP contribution in [0.3, 0.4) is 0 Å². The maximum atomic E-state index is 13.5. The first-order valence-electron chi connectivity index (χ1n) is 11.1. The summed E-state index contributed by atoms with van der Waals surface area (Å²) in [5.41, 5.74) is 1.06. The van der Waals surface area contributed by atoms with Crippen molar-refractivity contribution in [2.24, 2.45) is 0 Å². The molecule has 1 aliphatic rings. The van der Waals surface area contributed by atoms with E-state index in [1.54, 1.807) is 45.4 Å². The van der Waals surface area contributed by atoms with E-state index >= 15 is 0 Å². The average Bonchev–Trinajstić information content (AvgIpc) is 3.53. The quantitative estimate of drug-likeness (QED) is 0.469. The molecule has 0 saturated carbocycles. The molecule has 2 atom stereocenters. The second-order valence-electron chi connectivity index (χ2n) is 8.08. The molecule has 2 aromatic heterocycles. The Morgan fingerprint density at radius 1 is 1.27 bits per heavy atom. The predicted molar refractivity (Wildman–Crippen MR) is 124 cm³/mol. The molecule has 0 radical (unpaired) electrons. The Morgan fingerprint density at radius 2 is 2.06 bits per heavy atom. The number of fused-ring (bicyclic) bond motifs is 1. The van der Waals surface area contributed by atoms with Crippen LogP contribution in [-0.4, -0.2) is 47.4 Å². The molecule has 0 aliphatic carbocycles. The third-order valence-electron chi connectivity index (χ3n) is 6.06. The molecule has 6 nitrogen and oxygen atoms in total. The van der Waals surface area contributed by atoms with Crippen LogP contribution in [0.5, 0.6) is 5.75 Å². The van der Waals surface area contributed by atoms with Gasteiger partial charge < -0.3 is 19.0 Å². The number of ether oxygens (including phenoxy) is 1. The molecule has 0 N–H and O–H groups in total. The Balaban J connectivity index is 1.53. The van der Waals surface area contributed by atoms with E-state index in [0.29, 0.717) is 18.7 Å². The maximum Gasteiger partial charge on any atom is 0.290 e. The molecule has 0 fully saturated rings. The second-order valence-corrected chi connectivity index (χ2v) is 9.09. The lowest BCUT2D eigenvalue weighted by atomic mass is 10.00. The van der Waals surface area contributed by atoms with Crippen molar-refractivity contribution in [1.82, 2.24) is 9.80 Å². The zero-order valence-corrected chi connectivity index (χ0v) is 19.5. The largest absolute Gasteiger partial charge is 0.491 e.